The van der Waals surface area contributed by atoms with Gasteiger partial charge in [0.25, 0.3) is 0 Å². The summed E-state index contributed by atoms with van der Waals surface area (Å²) in [5.74, 6) is 3.60. The minimum atomic E-state index is 0.362. The molecule has 0 radical (unpaired) electrons. The molecule has 1 aliphatic heterocycles. The molecule has 4 nitrogen and oxygen atoms in total. The van der Waals surface area contributed by atoms with Crippen LogP contribution in [0.25, 0.3) is 5.69 Å². The first-order valence-electron chi connectivity index (χ1n) is 9.94. The second kappa shape index (κ2) is 8.38. The van der Waals surface area contributed by atoms with Crippen molar-refractivity contribution >= 4 is 11.6 Å². The van der Waals surface area contributed by atoms with Gasteiger partial charge in [0, 0.05) is 28.7 Å². The van der Waals surface area contributed by atoms with Gasteiger partial charge in [-0.25, -0.2) is 4.98 Å². The molecular weight excluding hydrogens is 370 g/mol. The largest absolute Gasteiger partial charge is 0.457 e. The fourth-order valence-electron chi connectivity index (χ4n) is 3.66. The van der Waals surface area contributed by atoms with Gasteiger partial charge in [-0.05, 0) is 74.5 Å². The first-order valence-corrected chi connectivity index (χ1v) is 10.3. The monoisotopic (exact) mass is 395 g/mol. The molecule has 0 atom stereocenters. The Kier molecular flexibility index (Phi) is 5.69. The van der Waals surface area contributed by atoms with E-state index in [0.29, 0.717) is 16.9 Å². The Morgan fingerprint density at radius 3 is 2.21 bits per heavy atom. The van der Waals surface area contributed by atoms with Crippen LogP contribution in [0.3, 0.4) is 0 Å². The van der Waals surface area contributed by atoms with Crippen LogP contribution < -0.4 is 10.1 Å². The maximum atomic E-state index is 5.93. The smallest absolute Gasteiger partial charge is 0.127 e. The van der Waals surface area contributed by atoms with Crippen LogP contribution in [0.5, 0.6) is 11.5 Å². The van der Waals surface area contributed by atoms with Crippen LogP contribution in [0, 0.1) is 0 Å². The van der Waals surface area contributed by atoms with Gasteiger partial charge in [-0.3, -0.25) is 0 Å². The second-order valence-corrected chi connectivity index (χ2v) is 8.06. The molecule has 0 saturated carbocycles. The standard InChI is InChI=1S/C23H26ClN3O/c1-16(2)23-26-22(17-11-13-25-14-12-17)15-27(23)19-5-9-21(10-6-19)28-20-7-3-18(24)4-8-20/h3-10,15-17,25H,11-14H2,1-2H3. The number of hydrogen-bond donors (Lipinski definition) is 1. The van der Waals surface area contributed by atoms with Crippen molar-refractivity contribution in [3.63, 3.8) is 0 Å². The van der Waals surface area contributed by atoms with E-state index in [1.807, 2.05) is 36.4 Å². The molecule has 5 heteroatoms. The minimum absolute atomic E-state index is 0.362. The average molecular weight is 396 g/mol. The van der Waals surface area contributed by atoms with Gasteiger partial charge < -0.3 is 14.6 Å². The lowest BCUT2D eigenvalue weighted by molar-refractivity contribution is 0.453. The van der Waals surface area contributed by atoms with Gasteiger partial charge in [-0.15, -0.1) is 0 Å². The highest BCUT2D eigenvalue weighted by atomic mass is 35.5. The summed E-state index contributed by atoms with van der Waals surface area (Å²) in [5, 5.41) is 4.14. The number of imidazole rings is 1. The molecule has 146 valence electrons. The highest BCUT2D eigenvalue weighted by molar-refractivity contribution is 6.30. The van der Waals surface area contributed by atoms with Crippen molar-refractivity contribution in [1.29, 1.82) is 0 Å². The van der Waals surface area contributed by atoms with E-state index in [4.69, 9.17) is 21.3 Å². The molecule has 1 saturated heterocycles. The van der Waals surface area contributed by atoms with E-state index in [1.165, 1.54) is 5.69 Å². The van der Waals surface area contributed by atoms with Crippen molar-refractivity contribution < 1.29 is 4.74 Å². The van der Waals surface area contributed by atoms with Crippen LogP contribution in [0.2, 0.25) is 5.02 Å². The van der Waals surface area contributed by atoms with Gasteiger partial charge in [0.15, 0.2) is 0 Å². The van der Waals surface area contributed by atoms with Gasteiger partial charge in [-0.2, -0.15) is 0 Å². The third-order valence-corrected chi connectivity index (χ3v) is 5.44. The van der Waals surface area contributed by atoms with E-state index in [0.717, 1.165) is 48.9 Å². The number of piperidine rings is 1. The topological polar surface area (TPSA) is 39.1 Å². The van der Waals surface area contributed by atoms with Gasteiger partial charge in [0.1, 0.15) is 17.3 Å². The molecule has 3 aromatic rings. The lowest BCUT2D eigenvalue weighted by atomic mass is 9.95. The third-order valence-electron chi connectivity index (χ3n) is 5.19. The van der Waals surface area contributed by atoms with Crippen molar-refractivity contribution in [2.45, 2.75) is 38.5 Å². The molecule has 0 spiro atoms. The normalized spacial score (nSPS) is 15.1. The third kappa shape index (κ3) is 4.23. The van der Waals surface area contributed by atoms with Gasteiger partial charge in [-0.1, -0.05) is 25.4 Å². The first-order chi connectivity index (χ1) is 13.6. The summed E-state index contributed by atoms with van der Waals surface area (Å²) in [7, 11) is 0. The molecule has 2 heterocycles. The fourth-order valence-corrected chi connectivity index (χ4v) is 3.78. The summed E-state index contributed by atoms with van der Waals surface area (Å²) in [6, 6.07) is 15.6. The van der Waals surface area contributed by atoms with Crippen molar-refractivity contribution in [2.75, 3.05) is 13.1 Å². The fraction of sp³-hybridized carbons (Fsp3) is 0.348. The lowest BCUT2D eigenvalue weighted by Gasteiger charge is -2.20. The van der Waals surface area contributed by atoms with Crippen LogP contribution >= 0.6 is 11.6 Å². The predicted molar refractivity (Wildman–Crippen MR) is 114 cm³/mol. The number of aromatic nitrogens is 2. The number of hydrogen-bond acceptors (Lipinski definition) is 3. The molecule has 0 aliphatic carbocycles. The molecule has 28 heavy (non-hydrogen) atoms. The first kappa shape index (κ1) is 19.0. The average Bonchev–Trinajstić information content (AvgIpc) is 3.17. The van der Waals surface area contributed by atoms with Crippen LogP contribution in [-0.4, -0.2) is 22.6 Å². The summed E-state index contributed by atoms with van der Waals surface area (Å²) >= 11 is 5.93. The number of nitrogens with one attached hydrogen (secondary N) is 1. The Labute approximate surface area is 171 Å². The van der Waals surface area contributed by atoms with Crippen molar-refractivity contribution in [3.05, 3.63) is 71.3 Å². The highest BCUT2D eigenvalue weighted by Crippen LogP contribution is 2.30. The Balaban J connectivity index is 1.57. The zero-order valence-corrected chi connectivity index (χ0v) is 17.1. The molecule has 0 amide bonds. The number of nitrogens with zero attached hydrogens (tertiary/aromatic N) is 2. The maximum Gasteiger partial charge on any atom is 0.127 e. The predicted octanol–water partition coefficient (Wildman–Crippen LogP) is 5.91. The van der Waals surface area contributed by atoms with Crippen molar-refractivity contribution in [1.82, 2.24) is 14.9 Å². The number of benzene rings is 2. The minimum Gasteiger partial charge on any atom is -0.457 e. The SMILES string of the molecule is CC(C)c1nc(C2CCNCC2)cn1-c1ccc(Oc2ccc(Cl)cc2)cc1. The molecule has 4 rings (SSSR count). The molecule has 1 fully saturated rings. The number of rotatable bonds is 5. The number of ether oxygens (including phenoxy) is 1. The van der Waals surface area contributed by atoms with Crippen molar-refractivity contribution in [2.24, 2.45) is 0 Å². The van der Waals surface area contributed by atoms with E-state index in [2.05, 4.69) is 42.1 Å². The van der Waals surface area contributed by atoms with Gasteiger partial charge in [0.05, 0.1) is 5.69 Å². The van der Waals surface area contributed by atoms with E-state index in [9.17, 15) is 0 Å². The Morgan fingerprint density at radius 1 is 1.00 bits per heavy atom. The van der Waals surface area contributed by atoms with Gasteiger partial charge >= 0.3 is 0 Å². The van der Waals surface area contributed by atoms with Crippen LogP contribution in [0.15, 0.2) is 54.7 Å². The van der Waals surface area contributed by atoms with E-state index in [1.54, 1.807) is 0 Å². The zero-order valence-electron chi connectivity index (χ0n) is 16.4. The van der Waals surface area contributed by atoms with E-state index in [-0.39, 0.29) is 0 Å². The zero-order chi connectivity index (χ0) is 19.5. The molecule has 1 aromatic heterocycles. The summed E-state index contributed by atoms with van der Waals surface area (Å²) in [6.07, 6.45) is 4.53. The van der Waals surface area contributed by atoms with Crippen LogP contribution in [-0.2, 0) is 0 Å². The highest BCUT2D eigenvalue weighted by Gasteiger charge is 2.21. The molecule has 1 N–H and O–H groups in total. The molecule has 0 unspecified atom stereocenters. The molecule has 2 aromatic carbocycles. The van der Waals surface area contributed by atoms with Crippen molar-refractivity contribution in [3.8, 4) is 17.2 Å². The van der Waals surface area contributed by atoms with E-state index >= 15 is 0 Å². The Hall–Kier alpha value is -2.30. The Morgan fingerprint density at radius 2 is 1.61 bits per heavy atom. The number of halogens is 1. The second-order valence-electron chi connectivity index (χ2n) is 7.62. The quantitative estimate of drug-likeness (QED) is 0.583. The van der Waals surface area contributed by atoms with Crippen LogP contribution in [0.4, 0.5) is 0 Å². The summed E-state index contributed by atoms with van der Waals surface area (Å²) < 4.78 is 8.14. The maximum absolute atomic E-state index is 5.93. The molecular formula is C23H26ClN3O. The molecule has 1 aliphatic rings. The van der Waals surface area contributed by atoms with Crippen LogP contribution in [0.1, 0.15) is 50.0 Å². The summed E-state index contributed by atoms with van der Waals surface area (Å²) in [5.41, 5.74) is 2.33. The van der Waals surface area contributed by atoms with E-state index < -0.39 is 0 Å². The molecule has 0 bridgehead atoms. The lowest BCUT2D eigenvalue weighted by Crippen LogP contribution is -2.26. The van der Waals surface area contributed by atoms with Gasteiger partial charge in [0.2, 0.25) is 0 Å². The summed E-state index contributed by atoms with van der Waals surface area (Å²) in [6.45, 7) is 6.54. The Bertz CT molecular complexity index is 910. The summed E-state index contributed by atoms with van der Waals surface area (Å²) in [4.78, 5) is 5.00.